The highest BCUT2D eigenvalue weighted by Crippen LogP contribution is 2.22. The first kappa shape index (κ1) is 18.6. The number of amides is 2. The summed E-state index contributed by atoms with van der Waals surface area (Å²) < 4.78 is 16.0. The Morgan fingerprint density at radius 1 is 1.00 bits per heavy atom. The fourth-order valence-corrected chi connectivity index (χ4v) is 2.24. The highest BCUT2D eigenvalue weighted by atomic mass is 16.5. The van der Waals surface area contributed by atoms with Gasteiger partial charge in [-0.25, -0.2) is 4.79 Å². The van der Waals surface area contributed by atoms with Crippen molar-refractivity contribution in [3.63, 3.8) is 0 Å². The van der Waals surface area contributed by atoms with E-state index in [9.17, 15) is 4.79 Å². The molecule has 0 saturated heterocycles. The first-order chi connectivity index (χ1) is 12.1. The van der Waals surface area contributed by atoms with Crippen LogP contribution in [0.5, 0.6) is 11.5 Å². The van der Waals surface area contributed by atoms with Crippen LogP contribution in [0, 0.1) is 6.92 Å². The van der Waals surface area contributed by atoms with Gasteiger partial charge in [0.15, 0.2) is 0 Å². The molecule has 134 valence electrons. The Bertz CT molecular complexity index is 704. The third kappa shape index (κ3) is 6.00. The third-order valence-electron chi connectivity index (χ3n) is 3.38. The topological polar surface area (TPSA) is 68.8 Å². The zero-order valence-corrected chi connectivity index (χ0v) is 14.8. The van der Waals surface area contributed by atoms with Gasteiger partial charge < -0.3 is 24.8 Å². The minimum Gasteiger partial charge on any atom is -0.494 e. The molecule has 6 nitrogen and oxygen atoms in total. The van der Waals surface area contributed by atoms with E-state index in [1.807, 2.05) is 44.2 Å². The van der Waals surface area contributed by atoms with Gasteiger partial charge in [0.25, 0.3) is 0 Å². The number of urea groups is 1. The first-order valence-electron chi connectivity index (χ1n) is 8.15. The molecule has 0 saturated carbocycles. The lowest BCUT2D eigenvalue weighted by Crippen LogP contribution is -2.19. The minimum atomic E-state index is -0.322. The largest absolute Gasteiger partial charge is 0.494 e. The molecule has 6 heteroatoms. The molecule has 2 aromatic rings. The standard InChI is InChI=1S/C19H24N2O4/c1-4-24-18-9-8-16(12-14(18)2)21-19(22)20-15-6-5-7-17(13-15)25-11-10-23-3/h5-9,12-13H,4,10-11H2,1-3H3,(H2,20,21,22). The number of hydrogen-bond donors (Lipinski definition) is 2. The number of rotatable bonds is 8. The van der Waals surface area contributed by atoms with Gasteiger partial charge >= 0.3 is 6.03 Å². The van der Waals surface area contributed by atoms with E-state index in [1.165, 1.54) is 0 Å². The predicted molar refractivity (Wildman–Crippen MR) is 98.8 cm³/mol. The fourth-order valence-electron chi connectivity index (χ4n) is 2.24. The summed E-state index contributed by atoms with van der Waals surface area (Å²) in [6, 6.07) is 12.4. The van der Waals surface area contributed by atoms with Gasteiger partial charge in [0, 0.05) is 24.6 Å². The van der Waals surface area contributed by atoms with Crippen LogP contribution < -0.4 is 20.1 Å². The van der Waals surface area contributed by atoms with Crippen molar-refractivity contribution in [3.05, 3.63) is 48.0 Å². The number of hydrogen-bond acceptors (Lipinski definition) is 4. The van der Waals surface area contributed by atoms with Crippen molar-refractivity contribution >= 4 is 17.4 Å². The maximum absolute atomic E-state index is 12.2. The van der Waals surface area contributed by atoms with Crippen LogP contribution in [0.1, 0.15) is 12.5 Å². The van der Waals surface area contributed by atoms with Crippen molar-refractivity contribution in [1.29, 1.82) is 0 Å². The van der Waals surface area contributed by atoms with Crippen molar-refractivity contribution < 1.29 is 19.0 Å². The van der Waals surface area contributed by atoms with Gasteiger partial charge in [-0.1, -0.05) is 6.07 Å². The smallest absolute Gasteiger partial charge is 0.323 e. The second kappa shape index (κ2) is 9.54. The molecule has 0 radical (unpaired) electrons. The van der Waals surface area contributed by atoms with Crippen LogP contribution in [0.3, 0.4) is 0 Å². The molecule has 0 heterocycles. The van der Waals surface area contributed by atoms with E-state index in [0.717, 1.165) is 11.3 Å². The van der Waals surface area contributed by atoms with Gasteiger partial charge in [-0.3, -0.25) is 0 Å². The highest BCUT2D eigenvalue weighted by molar-refractivity contribution is 5.99. The number of carbonyl (C=O) groups is 1. The summed E-state index contributed by atoms with van der Waals surface area (Å²) in [6.45, 7) is 5.45. The van der Waals surface area contributed by atoms with Crippen molar-refractivity contribution in [2.45, 2.75) is 13.8 Å². The van der Waals surface area contributed by atoms with E-state index in [1.54, 1.807) is 19.2 Å². The lowest BCUT2D eigenvalue weighted by molar-refractivity contribution is 0.146. The number of carbonyl (C=O) groups excluding carboxylic acids is 1. The Labute approximate surface area is 148 Å². The van der Waals surface area contributed by atoms with Crippen LogP contribution in [-0.4, -0.2) is 33.0 Å². The van der Waals surface area contributed by atoms with Crippen LogP contribution in [0.4, 0.5) is 16.2 Å². The van der Waals surface area contributed by atoms with Crippen LogP contribution in [0.15, 0.2) is 42.5 Å². The van der Waals surface area contributed by atoms with Gasteiger partial charge in [0.1, 0.15) is 18.1 Å². The Hall–Kier alpha value is -2.73. The molecule has 0 atom stereocenters. The number of anilines is 2. The molecule has 2 N–H and O–H groups in total. The summed E-state index contributed by atoms with van der Waals surface area (Å²) in [6.07, 6.45) is 0. The maximum atomic E-state index is 12.2. The molecule has 0 fully saturated rings. The maximum Gasteiger partial charge on any atom is 0.323 e. The van der Waals surface area contributed by atoms with E-state index >= 15 is 0 Å². The second-order valence-electron chi connectivity index (χ2n) is 5.36. The zero-order valence-electron chi connectivity index (χ0n) is 14.8. The number of aryl methyl sites for hydroxylation is 1. The zero-order chi connectivity index (χ0) is 18.1. The molecule has 2 aromatic carbocycles. The van der Waals surface area contributed by atoms with Gasteiger partial charge in [0.2, 0.25) is 0 Å². The number of nitrogens with one attached hydrogen (secondary N) is 2. The summed E-state index contributed by atoms with van der Waals surface area (Å²) in [4.78, 5) is 12.2. The second-order valence-corrected chi connectivity index (χ2v) is 5.36. The molecule has 25 heavy (non-hydrogen) atoms. The van der Waals surface area contributed by atoms with Crippen molar-refractivity contribution in [2.24, 2.45) is 0 Å². The lowest BCUT2D eigenvalue weighted by Gasteiger charge is -2.12. The third-order valence-corrected chi connectivity index (χ3v) is 3.38. The Morgan fingerprint density at radius 2 is 1.76 bits per heavy atom. The molecule has 0 aromatic heterocycles. The number of methoxy groups -OCH3 is 1. The van der Waals surface area contributed by atoms with Gasteiger partial charge in [-0.05, 0) is 49.7 Å². The molecule has 0 bridgehead atoms. The highest BCUT2D eigenvalue weighted by Gasteiger charge is 2.06. The number of benzene rings is 2. The van der Waals surface area contributed by atoms with Gasteiger partial charge in [-0.15, -0.1) is 0 Å². The quantitative estimate of drug-likeness (QED) is 0.709. The van der Waals surface area contributed by atoms with Gasteiger partial charge in [0.05, 0.1) is 13.2 Å². The van der Waals surface area contributed by atoms with Crippen LogP contribution in [0.25, 0.3) is 0 Å². The van der Waals surface area contributed by atoms with E-state index in [4.69, 9.17) is 14.2 Å². The summed E-state index contributed by atoms with van der Waals surface area (Å²) >= 11 is 0. The molecule has 0 aliphatic carbocycles. The molecule has 0 unspecified atom stereocenters. The van der Waals surface area contributed by atoms with E-state index in [-0.39, 0.29) is 6.03 Å². The van der Waals surface area contributed by atoms with Crippen molar-refractivity contribution in [1.82, 2.24) is 0 Å². The summed E-state index contributed by atoms with van der Waals surface area (Å²) in [7, 11) is 1.62. The predicted octanol–water partition coefficient (Wildman–Crippen LogP) is 4.06. The Morgan fingerprint density at radius 3 is 2.44 bits per heavy atom. The van der Waals surface area contributed by atoms with Crippen molar-refractivity contribution in [2.75, 3.05) is 37.6 Å². The first-order valence-corrected chi connectivity index (χ1v) is 8.15. The van der Waals surface area contributed by atoms with Gasteiger partial charge in [-0.2, -0.15) is 0 Å². The molecule has 0 aliphatic rings. The lowest BCUT2D eigenvalue weighted by atomic mass is 10.2. The van der Waals surface area contributed by atoms with Crippen LogP contribution in [0.2, 0.25) is 0 Å². The van der Waals surface area contributed by atoms with E-state index < -0.39 is 0 Å². The summed E-state index contributed by atoms with van der Waals surface area (Å²) in [5.41, 5.74) is 2.31. The summed E-state index contributed by atoms with van der Waals surface area (Å²) in [5.74, 6) is 1.49. The fraction of sp³-hybridized carbons (Fsp3) is 0.316. The van der Waals surface area contributed by atoms with E-state index in [0.29, 0.717) is 36.9 Å². The monoisotopic (exact) mass is 344 g/mol. The molecule has 0 spiro atoms. The SMILES string of the molecule is CCOc1ccc(NC(=O)Nc2cccc(OCCOC)c2)cc1C. The molecular weight excluding hydrogens is 320 g/mol. The summed E-state index contributed by atoms with van der Waals surface area (Å²) in [5, 5.41) is 5.59. The van der Waals surface area contributed by atoms with Crippen molar-refractivity contribution in [3.8, 4) is 11.5 Å². The Balaban J connectivity index is 1.93. The average Bonchev–Trinajstić information content (AvgIpc) is 2.58. The van der Waals surface area contributed by atoms with Crippen LogP contribution >= 0.6 is 0 Å². The van der Waals surface area contributed by atoms with E-state index in [2.05, 4.69) is 10.6 Å². The molecule has 2 rings (SSSR count). The Kier molecular flexibility index (Phi) is 7.10. The molecular formula is C19H24N2O4. The average molecular weight is 344 g/mol. The minimum absolute atomic E-state index is 0.322. The normalized spacial score (nSPS) is 10.2. The van der Waals surface area contributed by atoms with Crippen LogP contribution in [-0.2, 0) is 4.74 Å². The number of ether oxygens (including phenoxy) is 3. The molecule has 2 amide bonds. The molecule has 0 aliphatic heterocycles.